The van der Waals surface area contributed by atoms with Crippen LogP contribution in [0.15, 0.2) is 55.3 Å². The molecule has 6 bridgehead atoms. The van der Waals surface area contributed by atoms with Gasteiger partial charge in [0.15, 0.2) is 0 Å². The number of likely N-dealkylation sites (tertiary alicyclic amines) is 1. The molecule has 8 rings (SSSR count). The van der Waals surface area contributed by atoms with Crippen LogP contribution in [0, 0.1) is 11.3 Å². The van der Waals surface area contributed by atoms with Crippen molar-refractivity contribution < 1.29 is 33.4 Å². The Morgan fingerprint density at radius 2 is 1.81 bits per heavy atom. The number of aryl methyl sites for hydroxylation is 1. The second-order valence-electron chi connectivity index (χ2n) is 22.8. The van der Waals surface area contributed by atoms with E-state index in [1.54, 1.807) is 24.1 Å². The summed E-state index contributed by atoms with van der Waals surface area (Å²) in [4.78, 5) is 85.8. The molecule has 408 valence electrons. The van der Waals surface area contributed by atoms with E-state index in [4.69, 9.17) is 14.5 Å². The molecule has 5 aliphatic rings. The number of carbonyl (C=O) groups is 5. The molecule has 2 N–H and O–H groups in total. The number of cyclic esters (lactones) is 1. The third-order valence-corrected chi connectivity index (χ3v) is 16.6. The number of nitrogens with one attached hydrogen (secondary N) is 2. The van der Waals surface area contributed by atoms with Crippen molar-refractivity contribution in [2.24, 2.45) is 11.3 Å². The van der Waals surface area contributed by atoms with E-state index in [1.807, 2.05) is 42.8 Å². The molecule has 17 nitrogen and oxygen atoms in total. The normalized spacial score (nSPS) is 23.5. The Morgan fingerprint density at radius 3 is 2.52 bits per heavy atom. The van der Waals surface area contributed by atoms with Gasteiger partial charge in [-0.25, -0.2) is 10.2 Å². The van der Waals surface area contributed by atoms with E-state index in [0.29, 0.717) is 77.9 Å². The molecule has 0 aliphatic carbocycles. The zero-order valence-corrected chi connectivity index (χ0v) is 46.3. The van der Waals surface area contributed by atoms with Crippen molar-refractivity contribution in [2.45, 2.75) is 136 Å². The number of aromatic nitrogens is 2. The Kier molecular flexibility index (Phi) is 17.6. The molecule has 2 aromatic heterocycles. The number of benzene rings is 1. The summed E-state index contributed by atoms with van der Waals surface area (Å²) in [6.45, 7) is 24.9. The zero-order valence-electron chi connectivity index (χ0n) is 46.3. The molecule has 0 saturated carbocycles. The van der Waals surface area contributed by atoms with Gasteiger partial charge in [0.05, 0.1) is 30.5 Å². The first-order valence-corrected chi connectivity index (χ1v) is 27.7. The zero-order chi connectivity index (χ0) is 53.8. The van der Waals surface area contributed by atoms with Crippen molar-refractivity contribution >= 4 is 46.2 Å². The third-order valence-electron chi connectivity index (χ3n) is 16.6. The molecule has 75 heavy (non-hydrogen) atoms. The molecule has 0 radical (unpaired) electrons. The first-order valence-electron chi connectivity index (χ1n) is 27.7. The van der Waals surface area contributed by atoms with Crippen LogP contribution < -0.4 is 10.7 Å². The van der Waals surface area contributed by atoms with Crippen molar-refractivity contribution in [3.05, 3.63) is 72.1 Å². The van der Waals surface area contributed by atoms with Crippen molar-refractivity contribution in [1.82, 2.24) is 49.8 Å². The summed E-state index contributed by atoms with van der Waals surface area (Å²) >= 11 is 0. The maximum absolute atomic E-state index is 15.0. The molecular weight excluding hydrogens is 949 g/mol. The van der Waals surface area contributed by atoms with Gasteiger partial charge in [0.2, 0.25) is 11.8 Å². The second-order valence-corrected chi connectivity index (χ2v) is 22.8. The largest absolute Gasteiger partial charge is 0.465 e. The molecule has 1 aromatic carbocycles. The summed E-state index contributed by atoms with van der Waals surface area (Å²) in [7, 11) is 3.39. The minimum Gasteiger partial charge on any atom is -0.465 e. The summed E-state index contributed by atoms with van der Waals surface area (Å²) in [6, 6.07) is 8.37. The Bertz CT molecular complexity index is 2620. The van der Waals surface area contributed by atoms with Gasteiger partial charge in [0, 0.05) is 119 Å². The number of urea groups is 1. The van der Waals surface area contributed by atoms with Gasteiger partial charge < -0.3 is 34.1 Å². The SMILES string of the molecule is C=CC(=O)N1CCN(CCC)C2(CCN(C(=O)N(C)[C@H](C(=O)N[C@H]3CN4CCC=C(C4)c4ccc5c(c4)c(c(-c4cccnc4[C@H](C)OC)n5CC)CC(C)(C)COC(=O)C[C@@H]4CCCN(N4)C3=O)C(C)C)CC2)C1. The number of piperidine rings is 1. The van der Waals surface area contributed by atoms with Gasteiger partial charge >= 0.3 is 12.0 Å². The van der Waals surface area contributed by atoms with Crippen LogP contribution in [0.25, 0.3) is 27.7 Å². The fourth-order valence-electron chi connectivity index (χ4n) is 12.6. The highest BCUT2D eigenvalue weighted by Gasteiger charge is 2.46. The molecular formula is C58H84N10O7. The number of esters is 1. The van der Waals surface area contributed by atoms with Crippen molar-refractivity contribution in [3.8, 4) is 11.3 Å². The Morgan fingerprint density at radius 1 is 1.04 bits per heavy atom. The van der Waals surface area contributed by atoms with Gasteiger partial charge in [-0.1, -0.05) is 53.3 Å². The van der Waals surface area contributed by atoms with Crippen LogP contribution in [-0.2, 0) is 41.6 Å². The number of hydrazine groups is 1. The number of hydrogen-bond acceptors (Lipinski definition) is 11. The van der Waals surface area contributed by atoms with Gasteiger partial charge in [0.25, 0.3) is 5.91 Å². The van der Waals surface area contributed by atoms with E-state index < -0.39 is 23.4 Å². The fraction of sp³-hybridized carbons (Fsp3) is 0.621. The lowest BCUT2D eigenvalue weighted by Crippen LogP contribution is -2.67. The summed E-state index contributed by atoms with van der Waals surface area (Å²) in [5.74, 6) is -1.38. The minimum atomic E-state index is -0.965. The molecule has 5 aliphatic heterocycles. The number of likely N-dealkylation sites (N-methyl/N-ethyl adjacent to an activating group) is 1. The standard InChI is InChI=1S/C58H84N10O7/c1-11-25-66-31-30-65(49(69)12-2)37-58(66)22-28-64(29-23-58)56(73)62(9)52(39(4)5)54(71)60-47-36-63-26-15-17-42(35-63)41-20-21-48-45(32-41)46(53(67(48)13-3)44-19-14-24-59-51(44)40(6)74-10)34-57(7,8)38-75-50(70)33-43-18-16-27-68(61-43)55(47)72/h12,14,17,19-21,24,32,39-40,43,47,52,61H,2,11,13,15-16,18,22-23,25-31,33-38H2,1,3-10H3,(H,60,71)/t40-,43-,47-,52-/m0/s1. The minimum absolute atomic E-state index is 0.0683. The van der Waals surface area contributed by atoms with Crippen LogP contribution >= 0.6 is 0 Å². The summed E-state index contributed by atoms with van der Waals surface area (Å²) < 4.78 is 14.3. The summed E-state index contributed by atoms with van der Waals surface area (Å²) in [5.41, 5.74) is 10.1. The Balaban J connectivity index is 1.08. The van der Waals surface area contributed by atoms with E-state index in [1.165, 1.54) is 6.08 Å². The average molecular weight is 1030 g/mol. The van der Waals surface area contributed by atoms with Crippen LogP contribution in [0.2, 0.25) is 0 Å². The first-order chi connectivity index (χ1) is 35.9. The van der Waals surface area contributed by atoms with Gasteiger partial charge in [-0.15, -0.1) is 0 Å². The number of pyridine rings is 1. The number of carbonyl (C=O) groups excluding carboxylic acids is 5. The summed E-state index contributed by atoms with van der Waals surface area (Å²) in [5, 5.41) is 5.89. The maximum atomic E-state index is 15.0. The predicted octanol–water partition coefficient (Wildman–Crippen LogP) is 6.67. The molecule has 5 amide bonds. The van der Waals surface area contributed by atoms with E-state index >= 15 is 0 Å². The number of ether oxygens (including phenoxy) is 2. The molecule has 5 atom stereocenters. The number of amides is 5. The lowest BCUT2D eigenvalue weighted by Gasteiger charge is -2.54. The van der Waals surface area contributed by atoms with Gasteiger partial charge in [-0.3, -0.25) is 39.0 Å². The first kappa shape index (κ1) is 55.6. The topological polar surface area (TPSA) is 165 Å². The molecule has 3 fully saturated rings. The van der Waals surface area contributed by atoms with Crippen LogP contribution in [0.1, 0.15) is 116 Å². The maximum Gasteiger partial charge on any atom is 0.320 e. The van der Waals surface area contributed by atoms with Crippen molar-refractivity contribution in [2.75, 3.05) is 86.2 Å². The average Bonchev–Trinajstić information content (AvgIpc) is 3.71. The van der Waals surface area contributed by atoms with E-state index in [2.05, 4.69) is 89.7 Å². The molecule has 7 heterocycles. The van der Waals surface area contributed by atoms with Crippen LogP contribution in [0.4, 0.5) is 4.79 Å². The number of hydrogen-bond donors (Lipinski definition) is 2. The summed E-state index contributed by atoms with van der Waals surface area (Å²) in [6.07, 6.45) is 10.4. The lowest BCUT2D eigenvalue weighted by molar-refractivity contribution is -0.150. The second kappa shape index (κ2) is 23.7. The lowest BCUT2D eigenvalue weighted by atomic mass is 9.83. The predicted molar refractivity (Wildman–Crippen MR) is 292 cm³/mol. The van der Waals surface area contributed by atoms with E-state index in [0.717, 1.165) is 77.0 Å². The highest BCUT2D eigenvalue weighted by molar-refractivity contribution is 5.95. The molecule has 1 unspecified atom stereocenters. The van der Waals surface area contributed by atoms with Crippen LogP contribution in [-0.4, -0.2) is 179 Å². The van der Waals surface area contributed by atoms with Crippen LogP contribution in [0.5, 0.6) is 0 Å². The molecule has 3 saturated heterocycles. The molecule has 1 spiro atoms. The quantitative estimate of drug-likeness (QED) is 0.156. The number of fused-ring (bicyclic) bond motifs is 6. The highest BCUT2D eigenvalue weighted by Crippen LogP contribution is 2.42. The number of nitrogens with zero attached hydrogens (tertiary/aromatic N) is 8. The van der Waals surface area contributed by atoms with Crippen molar-refractivity contribution in [3.63, 3.8) is 0 Å². The third kappa shape index (κ3) is 12.0. The number of rotatable bonds is 11. The smallest absolute Gasteiger partial charge is 0.320 e. The fourth-order valence-corrected chi connectivity index (χ4v) is 12.6. The number of piperazine rings is 1. The molecule has 17 heteroatoms. The van der Waals surface area contributed by atoms with Crippen molar-refractivity contribution in [1.29, 1.82) is 0 Å². The Labute approximate surface area is 444 Å². The van der Waals surface area contributed by atoms with E-state index in [-0.39, 0.29) is 67.0 Å². The highest BCUT2D eigenvalue weighted by atomic mass is 16.5. The number of methoxy groups -OCH3 is 1. The van der Waals surface area contributed by atoms with Gasteiger partial charge in [-0.2, -0.15) is 0 Å². The van der Waals surface area contributed by atoms with E-state index in [9.17, 15) is 24.0 Å². The van der Waals surface area contributed by atoms with Crippen LogP contribution in [0.3, 0.4) is 0 Å². The monoisotopic (exact) mass is 1030 g/mol. The Hall–Kier alpha value is -5.62. The van der Waals surface area contributed by atoms with Gasteiger partial charge in [0.1, 0.15) is 12.1 Å². The van der Waals surface area contributed by atoms with Gasteiger partial charge in [-0.05, 0) is 118 Å². The molecule has 3 aromatic rings.